The van der Waals surface area contributed by atoms with Crippen molar-refractivity contribution in [2.75, 3.05) is 16.8 Å². The van der Waals surface area contributed by atoms with Crippen molar-refractivity contribution >= 4 is 44.8 Å². The second-order valence-corrected chi connectivity index (χ2v) is 9.25. The minimum atomic E-state index is -3.80. The molecule has 1 aliphatic heterocycles. The van der Waals surface area contributed by atoms with E-state index in [2.05, 4.69) is 10.0 Å². The van der Waals surface area contributed by atoms with Gasteiger partial charge in [0, 0.05) is 24.6 Å². The summed E-state index contributed by atoms with van der Waals surface area (Å²) >= 11 is 6.08. The first-order valence-corrected chi connectivity index (χ1v) is 11.2. The van der Waals surface area contributed by atoms with Crippen LogP contribution in [0.1, 0.15) is 36.0 Å². The monoisotopic (exact) mass is 433 g/mol. The van der Waals surface area contributed by atoms with E-state index in [1.807, 2.05) is 0 Å². The summed E-state index contributed by atoms with van der Waals surface area (Å²) in [6.45, 7) is 0.599. The van der Waals surface area contributed by atoms with Crippen LogP contribution in [-0.4, -0.2) is 32.8 Å². The molecular formula is C20H20ClN3O4S. The van der Waals surface area contributed by atoms with Gasteiger partial charge in [0.15, 0.2) is 0 Å². The van der Waals surface area contributed by atoms with E-state index in [9.17, 15) is 18.0 Å². The van der Waals surface area contributed by atoms with Crippen molar-refractivity contribution in [1.82, 2.24) is 4.72 Å². The molecule has 2 aromatic rings. The summed E-state index contributed by atoms with van der Waals surface area (Å²) in [6, 6.07) is 11.1. The summed E-state index contributed by atoms with van der Waals surface area (Å²) in [7, 11) is -3.80. The number of carbonyl (C=O) groups is 2. The molecule has 0 spiro atoms. The van der Waals surface area contributed by atoms with Crippen LogP contribution in [0.15, 0.2) is 47.4 Å². The van der Waals surface area contributed by atoms with E-state index in [0.29, 0.717) is 24.3 Å². The fourth-order valence-electron chi connectivity index (χ4n) is 3.25. The molecule has 29 heavy (non-hydrogen) atoms. The van der Waals surface area contributed by atoms with E-state index < -0.39 is 15.9 Å². The number of nitrogens with zero attached hydrogens (tertiary/aromatic N) is 1. The molecule has 1 heterocycles. The highest BCUT2D eigenvalue weighted by molar-refractivity contribution is 7.89. The summed E-state index contributed by atoms with van der Waals surface area (Å²) in [5.74, 6) is -0.471. The Bertz CT molecular complexity index is 1080. The average Bonchev–Trinajstić information content (AvgIpc) is 3.39. The zero-order valence-electron chi connectivity index (χ0n) is 15.5. The number of para-hydroxylation sites is 2. The third-order valence-corrected chi connectivity index (χ3v) is 6.90. The van der Waals surface area contributed by atoms with E-state index >= 15 is 0 Å². The second kappa shape index (κ2) is 7.78. The topological polar surface area (TPSA) is 95.6 Å². The fourth-order valence-corrected chi connectivity index (χ4v) is 5.08. The van der Waals surface area contributed by atoms with Crippen LogP contribution >= 0.6 is 11.6 Å². The number of nitrogens with one attached hydrogen (secondary N) is 2. The molecule has 0 unspecified atom stereocenters. The highest BCUT2D eigenvalue weighted by Gasteiger charge is 2.30. The molecule has 2 N–H and O–H groups in total. The van der Waals surface area contributed by atoms with Gasteiger partial charge in [-0.2, -0.15) is 0 Å². The molecule has 9 heteroatoms. The Morgan fingerprint density at radius 3 is 2.59 bits per heavy atom. The van der Waals surface area contributed by atoms with Crippen LogP contribution in [0, 0.1) is 0 Å². The van der Waals surface area contributed by atoms with E-state index in [1.54, 1.807) is 29.2 Å². The maximum Gasteiger partial charge on any atom is 0.255 e. The SMILES string of the molecule is O=C(Nc1ccccc1N1CCCC1=O)c1ccc(Cl)c(S(=O)(=O)NC2CC2)c1. The second-order valence-electron chi connectivity index (χ2n) is 7.16. The molecule has 7 nitrogen and oxygen atoms in total. The van der Waals surface area contributed by atoms with Crippen molar-refractivity contribution in [3.05, 3.63) is 53.1 Å². The summed E-state index contributed by atoms with van der Waals surface area (Å²) in [6.07, 6.45) is 2.84. The van der Waals surface area contributed by atoms with Gasteiger partial charge in [0.25, 0.3) is 5.91 Å². The number of hydrogen-bond acceptors (Lipinski definition) is 4. The lowest BCUT2D eigenvalue weighted by Gasteiger charge is -2.20. The summed E-state index contributed by atoms with van der Waals surface area (Å²) in [5, 5.41) is 2.84. The van der Waals surface area contributed by atoms with Crippen molar-refractivity contribution in [3.8, 4) is 0 Å². The quantitative estimate of drug-likeness (QED) is 0.731. The lowest BCUT2D eigenvalue weighted by Crippen LogP contribution is -2.27. The minimum absolute atomic E-state index is 0.0118. The number of hydrogen-bond donors (Lipinski definition) is 2. The van der Waals surface area contributed by atoms with E-state index in [4.69, 9.17) is 11.6 Å². The molecule has 0 atom stereocenters. The Labute approximate surface area is 174 Å². The average molecular weight is 434 g/mol. The Balaban J connectivity index is 1.60. The molecule has 0 bridgehead atoms. The molecule has 1 saturated heterocycles. The zero-order chi connectivity index (χ0) is 20.6. The Morgan fingerprint density at radius 1 is 1.14 bits per heavy atom. The van der Waals surface area contributed by atoms with Gasteiger partial charge in [0.2, 0.25) is 15.9 Å². The first kappa shape index (κ1) is 19.9. The molecule has 2 aliphatic rings. The molecule has 0 radical (unpaired) electrons. The van der Waals surface area contributed by atoms with E-state index in [-0.39, 0.29) is 27.4 Å². The Morgan fingerprint density at radius 2 is 1.90 bits per heavy atom. The van der Waals surface area contributed by atoms with Crippen LogP contribution in [-0.2, 0) is 14.8 Å². The molecule has 0 aromatic heterocycles. The maximum absolute atomic E-state index is 12.8. The van der Waals surface area contributed by atoms with Crippen molar-refractivity contribution < 1.29 is 18.0 Å². The normalized spacial score (nSPS) is 16.9. The zero-order valence-corrected chi connectivity index (χ0v) is 17.1. The predicted octanol–water partition coefficient (Wildman–Crippen LogP) is 3.16. The van der Waals surface area contributed by atoms with Crippen molar-refractivity contribution in [1.29, 1.82) is 0 Å². The molecule has 152 valence electrons. The first-order chi connectivity index (χ1) is 13.8. The van der Waals surface area contributed by atoms with Gasteiger partial charge in [0.05, 0.1) is 16.4 Å². The number of anilines is 2. The van der Waals surface area contributed by atoms with E-state index in [0.717, 1.165) is 19.3 Å². The molecule has 4 rings (SSSR count). The highest BCUT2D eigenvalue weighted by atomic mass is 35.5. The predicted molar refractivity (Wildman–Crippen MR) is 111 cm³/mol. The van der Waals surface area contributed by atoms with Crippen LogP contribution in [0.4, 0.5) is 11.4 Å². The van der Waals surface area contributed by atoms with Gasteiger partial charge in [-0.05, 0) is 49.6 Å². The standard InChI is InChI=1S/C20H20ClN3O4S/c21-15-10-7-13(12-18(15)29(27,28)23-14-8-9-14)20(26)22-16-4-1-2-5-17(16)24-11-3-6-19(24)25/h1-2,4-5,7,10,12,14,23H,3,6,8-9,11H2,(H,22,26). The van der Waals surface area contributed by atoms with Gasteiger partial charge in [-0.3, -0.25) is 9.59 Å². The van der Waals surface area contributed by atoms with Crippen molar-refractivity contribution in [3.63, 3.8) is 0 Å². The smallest absolute Gasteiger partial charge is 0.255 e. The van der Waals surface area contributed by atoms with Gasteiger partial charge in [-0.1, -0.05) is 23.7 Å². The van der Waals surface area contributed by atoms with Crippen LogP contribution in [0.3, 0.4) is 0 Å². The molecule has 2 fully saturated rings. The molecule has 1 saturated carbocycles. The molecular weight excluding hydrogens is 414 g/mol. The van der Waals surface area contributed by atoms with Crippen LogP contribution in [0.25, 0.3) is 0 Å². The summed E-state index contributed by atoms with van der Waals surface area (Å²) in [4.78, 5) is 26.4. The Hall–Kier alpha value is -2.42. The maximum atomic E-state index is 12.8. The number of sulfonamides is 1. The minimum Gasteiger partial charge on any atom is -0.320 e. The number of carbonyl (C=O) groups excluding carboxylic acids is 2. The summed E-state index contributed by atoms with van der Waals surface area (Å²) in [5.41, 5.74) is 1.27. The largest absolute Gasteiger partial charge is 0.320 e. The van der Waals surface area contributed by atoms with Gasteiger partial charge in [0.1, 0.15) is 4.90 Å². The van der Waals surface area contributed by atoms with Gasteiger partial charge in [-0.15, -0.1) is 0 Å². The summed E-state index contributed by atoms with van der Waals surface area (Å²) < 4.78 is 27.6. The van der Waals surface area contributed by atoms with E-state index in [1.165, 1.54) is 18.2 Å². The molecule has 1 aliphatic carbocycles. The van der Waals surface area contributed by atoms with Gasteiger partial charge in [-0.25, -0.2) is 13.1 Å². The highest BCUT2D eigenvalue weighted by Crippen LogP contribution is 2.31. The van der Waals surface area contributed by atoms with Crippen molar-refractivity contribution in [2.45, 2.75) is 36.6 Å². The third-order valence-electron chi connectivity index (χ3n) is 4.90. The van der Waals surface area contributed by atoms with Crippen LogP contribution in [0.2, 0.25) is 5.02 Å². The Kier molecular flexibility index (Phi) is 5.33. The lowest BCUT2D eigenvalue weighted by atomic mass is 10.2. The number of halogens is 1. The van der Waals surface area contributed by atoms with Crippen molar-refractivity contribution in [2.24, 2.45) is 0 Å². The van der Waals surface area contributed by atoms with Gasteiger partial charge < -0.3 is 10.2 Å². The number of rotatable bonds is 6. The third kappa shape index (κ3) is 4.29. The van der Waals surface area contributed by atoms with Crippen LogP contribution < -0.4 is 14.9 Å². The molecule has 2 aromatic carbocycles. The lowest BCUT2D eigenvalue weighted by molar-refractivity contribution is -0.117. The molecule has 2 amide bonds. The first-order valence-electron chi connectivity index (χ1n) is 9.38. The fraction of sp³-hybridized carbons (Fsp3) is 0.300. The van der Waals surface area contributed by atoms with Gasteiger partial charge >= 0.3 is 0 Å². The number of amides is 2. The van der Waals surface area contributed by atoms with Crippen LogP contribution in [0.5, 0.6) is 0 Å². The number of benzene rings is 2.